The van der Waals surface area contributed by atoms with Crippen LogP contribution in [0.4, 0.5) is 0 Å². The van der Waals surface area contributed by atoms with Crippen molar-refractivity contribution in [2.24, 2.45) is 5.92 Å². The number of rotatable bonds is 0. The smallest absolute Gasteiger partial charge is 0.330 e. The SMILES string of the molecule is O=C1OC(=O)C2(S)CC=CCC12. The molecule has 0 radical (unpaired) electrons. The molecule has 0 bridgehead atoms. The van der Waals surface area contributed by atoms with Crippen molar-refractivity contribution in [1.82, 2.24) is 0 Å². The number of esters is 2. The molecule has 0 N–H and O–H groups in total. The molecule has 0 spiro atoms. The number of carbonyl (C=O) groups is 2. The molecule has 3 nitrogen and oxygen atoms in total. The fourth-order valence-electron chi connectivity index (χ4n) is 1.60. The minimum atomic E-state index is -0.883. The molecule has 1 saturated heterocycles. The van der Waals surface area contributed by atoms with Crippen LogP contribution in [0.15, 0.2) is 12.2 Å². The first kappa shape index (κ1) is 7.86. The quantitative estimate of drug-likeness (QED) is 0.261. The van der Waals surface area contributed by atoms with Crippen LogP contribution in [0.25, 0.3) is 0 Å². The summed E-state index contributed by atoms with van der Waals surface area (Å²) in [5.74, 6) is -1.30. The second-order valence-corrected chi connectivity index (χ2v) is 3.89. The molecule has 2 rings (SSSR count). The van der Waals surface area contributed by atoms with Crippen molar-refractivity contribution >= 4 is 24.6 Å². The van der Waals surface area contributed by atoms with Crippen LogP contribution >= 0.6 is 12.6 Å². The molecule has 4 heteroatoms. The third kappa shape index (κ3) is 0.843. The molecule has 2 aliphatic rings. The Kier molecular flexibility index (Phi) is 1.54. The summed E-state index contributed by atoms with van der Waals surface area (Å²) >= 11 is 4.21. The second-order valence-electron chi connectivity index (χ2n) is 3.10. The Bertz CT molecular complexity index is 284. The Morgan fingerprint density at radius 3 is 2.92 bits per heavy atom. The number of thiol groups is 1. The Hall–Kier alpha value is -0.770. The summed E-state index contributed by atoms with van der Waals surface area (Å²) in [6.45, 7) is 0. The van der Waals surface area contributed by atoms with E-state index in [9.17, 15) is 9.59 Å². The molecular formula is C8H8O3S. The normalized spacial score (nSPS) is 39.6. The molecule has 0 saturated carbocycles. The van der Waals surface area contributed by atoms with E-state index in [1.54, 1.807) is 0 Å². The molecule has 1 aliphatic heterocycles. The number of hydrogen-bond acceptors (Lipinski definition) is 4. The molecule has 0 aromatic rings. The molecule has 1 heterocycles. The van der Waals surface area contributed by atoms with Gasteiger partial charge in [0, 0.05) is 0 Å². The number of cyclic esters (lactones) is 2. The number of hydrogen-bond donors (Lipinski definition) is 1. The van der Waals surface area contributed by atoms with Gasteiger partial charge in [-0.1, -0.05) is 12.2 Å². The number of carbonyl (C=O) groups excluding carboxylic acids is 2. The minimum Gasteiger partial charge on any atom is -0.392 e. The summed E-state index contributed by atoms with van der Waals surface area (Å²) in [7, 11) is 0. The average Bonchev–Trinajstić information content (AvgIpc) is 2.25. The van der Waals surface area contributed by atoms with Crippen LogP contribution in [0.1, 0.15) is 12.8 Å². The van der Waals surface area contributed by atoms with Crippen LogP contribution in [0, 0.1) is 5.92 Å². The van der Waals surface area contributed by atoms with Gasteiger partial charge in [0.25, 0.3) is 0 Å². The van der Waals surface area contributed by atoms with Crippen molar-refractivity contribution in [1.29, 1.82) is 0 Å². The van der Waals surface area contributed by atoms with Gasteiger partial charge in [-0.25, -0.2) is 0 Å². The van der Waals surface area contributed by atoms with Gasteiger partial charge < -0.3 is 4.74 Å². The van der Waals surface area contributed by atoms with E-state index in [0.717, 1.165) is 0 Å². The topological polar surface area (TPSA) is 43.4 Å². The zero-order valence-electron chi connectivity index (χ0n) is 6.32. The molecule has 1 aliphatic carbocycles. The summed E-state index contributed by atoms with van der Waals surface area (Å²) in [6, 6.07) is 0. The Labute approximate surface area is 75.2 Å². The van der Waals surface area contributed by atoms with Crippen molar-refractivity contribution < 1.29 is 14.3 Å². The number of allylic oxidation sites excluding steroid dienone is 2. The van der Waals surface area contributed by atoms with E-state index in [4.69, 9.17) is 0 Å². The standard InChI is InChI=1S/C8H8O3S/c9-6-5-3-1-2-4-8(5,12)7(10)11-6/h1-2,5,12H,3-4H2. The third-order valence-electron chi connectivity index (χ3n) is 2.38. The third-order valence-corrected chi connectivity index (χ3v) is 3.05. The lowest BCUT2D eigenvalue weighted by Crippen LogP contribution is -2.36. The molecule has 2 unspecified atom stereocenters. The van der Waals surface area contributed by atoms with Crippen LogP contribution in [-0.2, 0) is 14.3 Å². The zero-order chi connectivity index (χ0) is 8.77. The van der Waals surface area contributed by atoms with Gasteiger partial charge in [0.15, 0.2) is 0 Å². The molecule has 0 amide bonds. The highest BCUT2D eigenvalue weighted by Crippen LogP contribution is 2.41. The maximum Gasteiger partial charge on any atom is 0.330 e. The predicted octanol–water partition coefficient (Wildman–Crippen LogP) is 0.705. The number of ether oxygens (including phenoxy) is 1. The highest BCUT2D eigenvalue weighted by molar-refractivity contribution is 7.82. The van der Waals surface area contributed by atoms with Gasteiger partial charge in [0.1, 0.15) is 4.75 Å². The van der Waals surface area contributed by atoms with Gasteiger partial charge >= 0.3 is 11.9 Å². The number of fused-ring (bicyclic) bond motifs is 1. The van der Waals surface area contributed by atoms with E-state index >= 15 is 0 Å². The van der Waals surface area contributed by atoms with E-state index in [2.05, 4.69) is 17.4 Å². The van der Waals surface area contributed by atoms with Gasteiger partial charge in [-0.15, -0.1) is 0 Å². The molecule has 64 valence electrons. The average molecular weight is 184 g/mol. The monoisotopic (exact) mass is 184 g/mol. The molecule has 2 atom stereocenters. The van der Waals surface area contributed by atoms with Crippen LogP contribution < -0.4 is 0 Å². The first-order chi connectivity index (χ1) is 5.64. The van der Waals surface area contributed by atoms with Crippen LogP contribution in [0.5, 0.6) is 0 Å². The fraction of sp³-hybridized carbons (Fsp3) is 0.500. The minimum absolute atomic E-state index is 0.377. The Morgan fingerprint density at radius 1 is 1.50 bits per heavy atom. The summed E-state index contributed by atoms with van der Waals surface area (Å²) in [4.78, 5) is 22.3. The van der Waals surface area contributed by atoms with Crippen LogP contribution in [0.2, 0.25) is 0 Å². The summed E-state index contributed by atoms with van der Waals surface area (Å²) in [6.07, 6.45) is 4.81. The second kappa shape index (κ2) is 2.36. The van der Waals surface area contributed by atoms with Crippen molar-refractivity contribution in [3.8, 4) is 0 Å². The highest BCUT2D eigenvalue weighted by atomic mass is 32.1. The van der Waals surface area contributed by atoms with Gasteiger partial charge in [-0.2, -0.15) is 12.6 Å². The summed E-state index contributed by atoms with van der Waals surface area (Å²) in [5.41, 5.74) is 0. The highest BCUT2D eigenvalue weighted by Gasteiger charge is 2.55. The molecular weight excluding hydrogens is 176 g/mol. The van der Waals surface area contributed by atoms with Gasteiger partial charge in [0.2, 0.25) is 0 Å². The molecule has 0 aromatic carbocycles. The summed E-state index contributed by atoms with van der Waals surface area (Å²) < 4.78 is 3.63. The van der Waals surface area contributed by atoms with E-state index < -0.39 is 16.7 Å². The van der Waals surface area contributed by atoms with Crippen LogP contribution in [-0.4, -0.2) is 16.7 Å². The first-order valence-corrected chi connectivity index (χ1v) is 4.23. The van der Waals surface area contributed by atoms with Crippen LogP contribution in [0.3, 0.4) is 0 Å². The lowest BCUT2D eigenvalue weighted by atomic mass is 9.84. The molecule has 12 heavy (non-hydrogen) atoms. The first-order valence-electron chi connectivity index (χ1n) is 3.78. The lowest BCUT2D eigenvalue weighted by molar-refractivity contribution is -0.153. The van der Waals surface area contributed by atoms with Gasteiger partial charge in [0.05, 0.1) is 5.92 Å². The molecule has 1 fully saturated rings. The van der Waals surface area contributed by atoms with E-state index in [1.807, 2.05) is 12.2 Å². The lowest BCUT2D eigenvalue weighted by Gasteiger charge is -2.24. The van der Waals surface area contributed by atoms with E-state index in [-0.39, 0.29) is 5.92 Å². The van der Waals surface area contributed by atoms with Gasteiger partial charge in [-0.3, -0.25) is 9.59 Å². The molecule has 0 aromatic heterocycles. The van der Waals surface area contributed by atoms with E-state index in [0.29, 0.717) is 12.8 Å². The van der Waals surface area contributed by atoms with Gasteiger partial charge in [-0.05, 0) is 12.8 Å². The predicted molar refractivity (Wildman–Crippen MR) is 44.7 cm³/mol. The van der Waals surface area contributed by atoms with Crippen molar-refractivity contribution in [3.05, 3.63) is 12.2 Å². The van der Waals surface area contributed by atoms with Crippen molar-refractivity contribution in [2.45, 2.75) is 17.6 Å². The Balaban J connectivity index is 2.41. The summed E-state index contributed by atoms with van der Waals surface area (Å²) in [5, 5.41) is 0. The maximum atomic E-state index is 11.2. The van der Waals surface area contributed by atoms with Crippen molar-refractivity contribution in [2.75, 3.05) is 0 Å². The van der Waals surface area contributed by atoms with Crippen molar-refractivity contribution in [3.63, 3.8) is 0 Å². The largest absolute Gasteiger partial charge is 0.392 e. The van der Waals surface area contributed by atoms with E-state index in [1.165, 1.54) is 0 Å². The zero-order valence-corrected chi connectivity index (χ0v) is 7.21. The fourth-order valence-corrected chi connectivity index (χ4v) is 1.96. The maximum absolute atomic E-state index is 11.2. The Morgan fingerprint density at radius 2 is 2.25 bits per heavy atom.